The maximum Gasteiger partial charge on any atom is 0.317 e. The lowest BCUT2D eigenvalue weighted by atomic mass is 10.0. The van der Waals surface area contributed by atoms with E-state index < -0.39 is 0 Å². The van der Waals surface area contributed by atoms with E-state index in [1.807, 2.05) is 30.0 Å². The Labute approximate surface area is 165 Å². The summed E-state index contributed by atoms with van der Waals surface area (Å²) in [6.07, 6.45) is 3.57. The Morgan fingerprint density at radius 3 is 2.68 bits per heavy atom. The predicted molar refractivity (Wildman–Crippen MR) is 112 cm³/mol. The first-order valence-electron chi connectivity index (χ1n) is 9.84. The second-order valence-corrected chi connectivity index (χ2v) is 7.07. The van der Waals surface area contributed by atoms with Crippen LogP contribution < -0.4 is 10.6 Å². The molecule has 2 aromatic carbocycles. The van der Waals surface area contributed by atoms with Gasteiger partial charge in [-0.1, -0.05) is 36.4 Å². The summed E-state index contributed by atoms with van der Waals surface area (Å²) in [5.41, 5.74) is 1.98. The third-order valence-corrected chi connectivity index (χ3v) is 5.14. The van der Waals surface area contributed by atoms with Gasteiger partial charge in [-0.25, -0.2) is 14.8 Å². The minimum Gasteiger partial charge on any atom is -0.351 e. The Kier molecular flexibility index (Phi) is 5.37. The summed E-state index contributed by atoms with van der Waals surface area (Å²) in [6.45, 7) is 4.08. The van der Waals surface area contributed by atoms with Crippen molar-refractivity contribution >= 4 is 22.8 Å². The third kappa shape index (κ3) is 4.06. The van der Waals surface area contributed by atoms with Gasteiger partial charge in [0.2, 0.25) is 5.95 Å². The van der Waals surface area contributed by atoms with E-state index in [2.05, 4.69) is 45.9 Å². The van der Waals surface area contributed by atoms with E-state index in [1.54, 1.807) is 6.20 Å². The number of aromatic nitrogens is 2. The van der Waals surface area contributed by atoms with Gasteiger partial charge in [-0.15, -0.1) is 0 Å². The average Bonchev–Trinajstić information content (AvgIpc) is 2.74. The van der Waals surface area contributed by atoms with Gasteiger partial charge in [0.25, 0.3) is 0 Å². The van der Waals surface area contributed by atoms with Crippen molar-refractivity contribution in [3.8, 4) is 11.3 Å². The second-order valence-electron chi connectivity index (χ2n) is 7.07. The highest BCUT2D eigenvalue weighted by Gasteiger charge is 2.22. The molecule has 0 saturated carbocycles. The fraction of sp³-hybridized carbons (Fsp3) is 0.318. The second kappa shape index (κ2) is 8.25. The van der Waals surface area contributed by atoms with E-state index in [0.29, 0.717) is 12.5 Å². The Morgan fingerprint density at radius 2 is 1.89 bits per heavy atom. The van der Waals surface area contributed by atoms with Crippen molar-refractivity contribution in [2.45, 2.75) is 25.8 Å². The Bertz CT molecular complexity index is 966. The van der Waals surface area contributed by atoms with Crippen LogP contribution in [0, 0.1) is 0 Å². The van der Waals surface area contributed by atoms with Gasteiger partial charge in [-0.2, -0.15) is 0 Å². The van der Waals surface area contributed by atoms with Gasteiger partial charge in [0.05, 0.1) is 5.69 Å². The summed E-state index contributed by atoms with van der Waals surface area (Å²) < 4.78 is 0. The number of likely N-dealkylation sites (tertiary alicyclic amines) is 1. The van der Waals surface area contributed by atoms with Crippen LogP contribution in [-0.4, -0.2) is 46.6 Å². The minimum atomic E-state index is 0.0236. The van der Waals surface area contributed by atoms with Crippen molar-refractivity contribution in [1.29, 1.82) is 0 Å². The van der Waals surface area contributed by atoms with E-state index in [0.717, 1.165) is 37.2 Å². The highest BCUT2D eigenvalue weighted by molar-refractivity contribution is 5.86. The number of carbonyl (C=O) groups excluding carboxylic acids is 1. The van der Waals surface area contributed by atoms with Crippen LogP contribution in [0.5, 0.6) is 0 Å². The summed E-state index contributed by atoms with van der Waals surface area (Å²) in [6, 6.07) is 16.9. The third-order valence-electron chi connectivity index (χ3n) is 5.14. The molecule has 2 heterocycles. The van der Waals surface area contributed by atoms with Gasteiger partial charge >= 0.3 is 6.03 Å². The van der Waals surface area contributed by atoms with E-state index >= 15 is 0 Å². The number of urea groups is 1. The molecule has 6 nitrogen and oxygen atoms in total. The number of hydrogen-bond donors (Lipinski definition) is 2. The average molecular weight is 375 g/mol. The van der Waals surface area contributed by atoms with Gasteiger partial charge in [0.1, 0.15) is 0 Å². The highest BCUT2D eigenvalue weighted by atomic mass is 16.2. The van der Waals surface area contributed by atoms with Crippen LogP contribution in [0.4, 0.5) is 10.7 Å². The van der Waals surface area contributed by atoms with Crippen LogP contribution >= 0.6 is 0 Å². The molecule has 1 aromatic heterocycles. The quantitative estimate of drug-likeness (QED) is 0.725. The van der Waals surface area contributed by atoms with Crippen molar-refractivity contribution in [2.75, 3.05) is 25.0 Å². The molecule has 6 heteroatoms. The molecule has 2 amide bonds. The maximum absolute atomic E-state index is 11.9. The minimum absolute atomic E-state index is 0.0236. The molecule has 0 bridgehead atoms. The van der Waals surface area contributed by atoms with Crippen LogP contribution in [0.2, 0.25) is 0 Å². The molecule has 3 aromatic rings. The molecule has 1 fully saturated rings. The number of benzene rings is 2. The lowest BCUT2D eigenvalue weighted by Gasteiger charge is -2.32. The van der Waals surface area contributed by atoms with Gasteiger partial charge in [0.15, 0.2) is 0 Å². The zero-order chi connectivity index (χ0) is 19.3. The Hall–Kier alpha value is -3.15. The first-order chi connectivity index (χ1) is 13.7. The molecular formula is C22H25N5O. The van der Waals surface area contributed by atoms with Gasteiger partial charge in [0, 0.05) is 37.4 Å². The molecule has 0 radical (unpaired) electrons. The zero-order valence-electron chi connectivity index (χ0n) is 16.1. The van der Waals surface area contributed by atoms with Gasteiger partial charge in [-0.05, 0) is 42.7 Å². The van der Waals surface area contributed by atoms with Crippen LogP contribution in [0.15, 0.2) is 54.7 Å². The monoisotopic (exact) mass is 375 g/mol. The molecular weight excluding hydrogens is 350 g/mol. The van der Waals surface area contributed by atoms with Gasteiger partial charge < -0.3 is 15.5 Å². The number of fused-ring (bicyclic) bond motifs is 1. The van der Waals surface area contributed by atoms with Gasteiger partial charge in [-0.3, -0.25) is 0 Å². The molecule has 1 saturated heterocycles. The number of carbonyl (C=O) groups is 1. The molecule has 0 unspecified atom stereocenters. The Morgan fingerprint density at radius 1 is 1.11 bits per heavy atom. The summed E-state index contributed by atoms with van der Waals surface area (Å²) in [5, 5.41) is 8.72. The highest BCUT2D eigenvalue weighted by Crippen LogP contribution is 2.24. The summed E-state index contributed by atoms with van der Waals surface area (Å²) in [7, 11) is 0. The van der Waals surface area contributed by atoms with Crippen molar-refractivity contribution < 1.29 is 4.79 Å². The zero-order valence-corrected chi connectivity index (χ0v) is 16.1. The normalized spacial score (nSPS) is 14.8. The largest absolute Gasteiger partial charge is 0.351 e. The number of hydrogen-bond acceptors (Lipinski definition) is 4. The molecule has 144 valence electrons. The lowest BCUT2D eigenvalue weighted by Crippen LogP contribution is -2.46. The molecule has 2 N–H and O–H groups in total. The fourth-order valence-electron chi connectivity index (χ4n) is 3.61. The fourth-order valence-corrected chi connectivity index (χ4v) is 3.61. The topological polar surface area (TPSA) is 70.2 Å². The first kappa shape index (κ1) is 18.2. The number of rotatable bonds is 4. The van der Waals surface area contributed by atoms with Crippen LogP contribution in [-0.2, 0) is 0 Å². The SMILES string of the molecule is CCNC(=O)N1CCC(Nc2nccc(-c3ccc4ccccc4c3)n2)CC1. The van der Waals surface area contributed by atoms with Crippen molar-refractivity contribution in [1.82, 2.24) is 20.2 Å². The first-order valence-corrected chi connectivity index (χ1v) is 9.84. The Balaban J connectivity index is 1.43. The van der Waals surface area contributed by atoms with Crippen LogP contribution in [0.1, 0.15) is 19.8 Å². The summed E-state index contributed by atoms with van der Waals surface area (Å²) in [4.78, 5) is 22.9. The molecule has 0 atom stereocenters. The van der Waals surface area contributed by atoms with E-state index in [4.69, 9.17) is 4.98 Å². The molecule has 1 aliphatic rings. The smallest absolute Gasteiger partial charge is 0.317 e. The van der Waals surface area contributed by atoms with E-state index in [-0.39, 0.29) is 12.1 Å². The van der Waals surface area contributed by atoms with Crippen molar-refractivity contribution in [3.63, 3.8) is 0 Å². The lowest BCUT2D eigenvalue weighted by molar-refractivity contribution is 0.184. The summed E-state index contributed by atoms with van der Waals surface area (Å²) in [5.74, 6) is 0.641. The summed E-state index contributed by atoms with van der Waals surface area (Å²) >= 11 is 0. The predicted octanol–water partition coefficient (Wildman–Crippen LogP) is 3.90. The molecule has 28 heavy (non-hydrogen) atoms. The number of anilines is 1. The molecule has 4 rings (SSSR count). The number of amides is 2. The molecule has 0 aliphatic carbocycles. The van der Waals surface area contributed by atoms with Crippen molar-refractivity contribution in [3.05, 3.63) is 54.7 Å². The number of nitrogens with zero attached hydrogens (tertiary/aromatic N) is 3. The van der Waals surface area contributed by atoms with Crippen LogP contribution in [0.25, 0.3) is 22.0 Å². The standard InChI is InChI=1S/C22H25N5O/c1-2-23-22(28)27-13-10-19(11-14-27)25-21-24-12-9-20(26-21)18-8-7-16-5-3-4-6-17(16)15-18/h3-9,12,15,19H,2,10-11,13-14H2,1H3,(H,23,28)(H,24,25,26). The number of piperidine rings is 1. The number of nitrogens with one attached hydrogen (secondary N) is 2. The van der Waals surface area contributed by atoms with E-state index in [9.17, 15) is 4.79 Å². The van der Waals surface area contributed by atoms with Crippen molar-refractivity contribution in [2.24, 2.45) is 0 Å². The van der Waals surface area contributed by atoms with Crippen LogP contribution in [0.3, 0.4) is 0 Å². The van der Waals surface area contributed by atoms with E-state index in [1.165, 1.54) is 10.8 Å². The molecule has 0 spiro atoms. The molecule has 1 aliphatic heterocycles. The maximum atomic E-state index is 11.9.